The van der Waals surface area contributed by atoms with Crippen LogP contribution in [0.5, 0.6) is 5.75 Å². The van der Waals surface area contributed by atoms with Gasteiger partial charge in [0.05, 0.1) is 23.8 Å². The lowest BCUT2D eigenvalue weighted by Crippen LogP contribution is -2.29. The van der Waals surface area contributed by atoms with E-state index in [9.17, 15) is 14.4 Å². The number of ether oxygens (including phenoxy) is 1. The number of nitrogens with zero attached hydrogens (tertiary/aromatic N) is 5. The van der Waals surface area contributed by atoms with Crippen LogP contribution < -0.4 is 26.4 Å². The van der Waals surface area contributed by atoms with Crippen LogP contribution >= 0.6 is 0 Å². The zero-order valence-corrected chi connectivity index (χ0v) is 27.0. The maximum absolute atomic E-state index is 13.2. The number of fused-ring (bicyclic) bond motifs is 1. The summed E-state index contributed by atoms with van der Waals surface area (Å²) >= 11 is 0. The van der Waals surface area contributed by atoms with Crippen molar-refractivity contribution in [3.63, 3.8) is 0 Å². The molecule has 5 rings (SSSR count). The average Bonchev–Trinajstić information content (AvgIpc) is 3.77. The molecule has 0 fully saturated rings. The molecule has 0 aliphatic carbocycles. The van der Waals surface area contributed by atoms with Crippen molar-refractivity contribution in [3.8, 4) is 17.1 Å². The minimum atomic E-state index is -0.494. The van der Waals surface area contributed by atoms with E-state index in [1.165, 1.54) is 4.57 Å². The van der Waals surface area contributed by atoms with E-state index >= 15 is 0 Å². The van der Waals surface area contributed by atoms with E-state index in [1.54, 1.807) is 55.4 Å². The fourth-order valence-electron chi connectivity index (χ4n) is 5.05. The molecule has 14 heteroatoms. The van der Waals surface area contributed by atoms with Crippen molar-refractivity contribution >= 4 is 40.3 Å². The average molecular weight is 641 g/mol. The Hall–Kier alpha value is -5.47. The van der Waals surface area contributed by atoms with Gasteiger partial charge in [0.25, 0.3) is 17.7 Å². The summed E-state index contributed by atoms with van der Waals surface area (Å²) in [5.41, 5.74) is 9.26. The second-order valence-corrected chi connectivity index (χ2v) is 11.4. The van der Waals surface area contributed by atoms with Crippen LogP contribution in [-0.4, -0.2) is 87.5 Å². The second kappa shape index (κ2) is 14.7. The van der Waals surface area contributed by atoms with Gasteiger partial charge in [-0.1, -0.05) is 0 Å². The first-order chi connectivity index (χ1) is 22.6. The lowest BCUT2D eigenvalue weighted by Gasteiger charge is -2.11. The molecule has 0 aliphatic heterocycles. The Kier molecular flexibility index (Phi) is 10.3. The predicted octanol–water partition coefficient (Wildman–Crippen LogP) is 3.31. The second-order valence-electron chi connectivity index (χ2n) is 11.4. The molecule has 2 aromatic carbocycles. The number of anilines is 2. The van der Waals surface area contributed by atoms with Crippen molar-refractivity contribution < 1.29 is 19.1 Å². The number of hydrogen-bond acceptors (Lipinski definition) is 8. The van der Waals surface area contributed by atoms with Crippen molar-refractivity contribution in [3.05, 3.63) is 78.0 Å². The number of aromatic nitrogens is 5. The highest BCUT2D eigenvalue weighted by Crippen LogP contribution is 2.24. The molecule has 5 aromatic rings. The fourth-order valence-corrected chi connectivity index (χ4v) is 5.05. The van der Waals surface area contributed by atoms with E-state index in [2.05, 4.69) is 35.8 Å². The number of benzene rings is 2. The van der Waals surface area contributed by atoms with Crippen LogP contribution in [0.1, 0.15) is 44.3 Å². The van der Waals surface area contributed by atoms with Crippen molar-refractivity contribution in [1.29, 1.82) is 0 Å². The number of aromatic amines is 1. The normalized spacial score (nSPS) is 11.2. The van der Waals surface area contributed by atoms with E-state index in [1.807, 2.05) is 38.4 Å². The number of carbonyl (C=O) groups excluding carboxylic acids is 3. The molecule has 3 aromatic heterocycles. The summed E-state index contributed by atoms with van der Waals surface area (Å²) < 4.78 is 8.53. The molecule has 246 valence electrons. The molecule has 0 saturated carbocycles. The summed E-state index contributed by atoms with van der Waals surface area (Å²) in [7, 11) is 7.23. The Morgan fingerprint density at radius 2 is 1.74 bits per heavy atom. The first kappa shape index (κ1) is 32.9. The standard InChI is InChI=1S/C33H40N10O4/c1-41(2)15-6-14-35-32(45)27-18-23(19-43(27)16-5-13-34)36-33(46)30-39-28(20-42(30)3)40-31(44)22-9-12-25-26(17-22)38-29(37-25)21-7-10-24(47-4)11-8-21/h7-12,17-20H,5-6,13-16,34H2,1-4H3,(H,35,45)(H,36,46)(H,37,38)(H,40,44). The van der Waals surface area contributed by atoms with Crippen molar-refractivity contribution in [1.82, 2.24) is 34.3 Å². The predicted molar refractivity (Wildman–Crippen MR) is 181 cm³/mol. The van der Waals surface area contributed by atoms with Gasteiger partial charge in [-0.25, -0.2) is 9.97 Å². The highest BCUT2D eigenvalue weighted by Gasteiger charge is 2.20. The van der Waals surface area contributed by atoms with Crippen LogP contribution in [0.15, 0.2) is 60.9 Å². The SMILES string of the molecule is COc1ccc(-c2nc3ccc(C(=O)Nc4cn(C)c(C(=O)Nc5cc(C(=O)NCCCN(C)C)n(CCCN)c5)n4)cc3[nH]2)cc1. The smallest absolute Gasteiger partial charge is 0.291 e. The number of hydrogen-bond donors (Lipinski definition) is 5. The maximum Gasteiger partial charge on any atom is 0.291 e. The highest BCUT2D eigenvalue weighted by molar-refractivity contribution is 6.07. The molecule has 3 amide bonds. The highest BCUT2D eigenvalue weighted by atomic mass is 16.5. The molecule has 14 nitrogen and oxygen atoms in total. The zero-order chi connectivity index (χ0) is 33.5. The Morgan fingerprint density at radius 1 is 0.957 bits per heavy atom. The fraction of sp³-hybridized carbons (Fsp3) is 0.303. The molecule has 0 bridgehead atoms. The Balaban J connectivity index is 1.25. The zero-order valence-electron chi connectivity index (χ0n) is 27.0. The number of rotatable bonds is 14. The summed E-state index contributed by atoms with van der Waals surface area (Å²) in [6.07, 6.45) is 4.75. The van der Waals surface area contributed by atoms with Crippen LogP contribution in [0.3, 0.4) is 0 Å². The molecule has 47 heavy (non-hydrogen) atoms. The van der Waals surface area contributed by atoms with Crippen LogP contribution in [0.2, 0.25) is 0 Å². The van der Waals surface area contributed by atoms with Gasteiger partial charge in [0.2, 0.25) is 5.82 Å². The number of carbonyl (C=O) groups is 3. The number of nitrogens with two attached hydrogens (primary N) is 1. The Morgan fingerprint density at radius 3 is 2.47 bits per heavy atom. The van der Waals surface area contributed by atoms with Crippen molar-refractivity contribution in [2.24, 2.45) is 12.8 Å². The first-order valence-corrected chi connectivity index (χ1v) is 15.3. The molecule has 0 unspecified atom stereocenters. The van der Waals surface area contributed by atoms with Gasteiger partial charge in [0.15, 0.2) is 5.82 Å². The number of nitrogens with one attached hydrogen (secondary N) is 4. The van der Waals surface area contributed by atoms with Crippen molar-refractivity contribution in [2.45, 2.75) is 19.4 Å². The van der Waals surface area contributed by atoms with Crippen LogP contribution in [0.4, 0.5) is 11.5 Å². The molecule has 0 atom stereocenters. The molecule has 3 heterocycles. The quantitative estimate of drug-likeness (QED) is 0.115. The summed E-state index contributed by atoms with van der Waals surface area (Å²) in [5.74, 6) is 0.596. The number of amides is 3. The number of H-pyrrole nitrogens is 1. The van der Waals surface area contributed by atoms with Gasteiger partial charge in [-0.05, 0) is 88.6 Å². The Labute approximate surface area is 272 Å². The topological polar surface area (TPSA) is 177 Å². The lowest BCUT2D eigenvalue weighted by atomic mass is 10.2. The van der Waals surface area contributed by atoms with E-state index in [0.717, 1.165) is 24.3 Å². The van der Waals surface area contributed by atoms with Gasteiger partial charge >= 0.3 is 0 Å². The maximum atomic E-state index is 13.2. The van der Waals surface area contributed by atoms with E-state index in [4.69, 9.17) is 10.5 Å². The van der Waals surface area contributed by atoms with E-state index in [0.29, 0.717) is 59.9 Å². The minimum Gasteiger partial charge on any atom is -0.497 e. The number of imidazole rings is 2. The first-order valence-electron chi connectivity index (χ1n) is 15.3. The lowest BCUT2D eigenvalue weighted by molar-refractivity contribution is 0.0941. The Bertz CT molecular complexity index is 1870. The van der Waals surface area contributed by atoms with Gasteiger partial charge in [-0.3, -0.25) is 14.4 Å². The third-order valence-corrected chi connectivity index (χ3v) is 7.49. The summed E-state index contributed by atoms with van der Waals surface area (Å²) in [6.45, 7) is 2.38. The molecule has 0 saturated heterocycles. The third kappa shape index (κ3) is 8.04. The summed E-state index contributed by atoms with van der Waals surface area (Å²) in [4.78, 5) is 53.6. The van der Waals surface area contributed by atoms with Crippen LogP contribution in [0, 0.1) is 0 Å². The molecule has 6 N–H and O–H groups in total. The number of methoxy groups -OCH3 is 1. The minimum absolute atomic E-state index is 0.0813. The van der Waals surface area contributed by atoms with Gasteiger partial charge in [0.1, 0.15) is 17.3 Å². The van der Waals surface area contributed by atoms with Crippen molar-refractivity contribution in [2.75, 3.05) is 51.5 Å². The monoisotopic (exact) mass is 640 g/mol. The van der Waals surface area contributed by atoms with Gasteiger partial charge in [-0.2, -0.15) is 0 Å². The van der Waals surface area contributed by atoms with Gasteiger partial charge < -0.3 is 45.4 Å². The van der Waals surface area contributed by atoms with E-state index in [-0.39, 0.29) is 17.5 Å². The molecular formula is C33H40N10O4. The molecule has 0 radical (unpaired) electrons. The molecule has 0 aliphatic rings. The van der Waals surface area contributed by atoms with E-state index < -0.39 is 11.8 Å². The molecule has 0 spiro atoms. The molecular weight excluding hydrogens is 600 g/mol. The van der Waals surface area contributed by atoms with Gasteiger partial charge in [-0.15, -0.1) is 0 Å². The van der Waals surface area contributed by atoms with Gasteiger partial charge in [0, 0.05) is 43.7 Å². The summed E-state index contributed by atoms with van der Waals surface area (Å²) in [5, 5.41) is 8.53. The summed E-state index contributed by atoms with van der Waals surface area (Å²) in [6, 6.07) is 14.3. The third-order valence-electron chi connectivity index (χ3n) is 7.49. The number of aryl methyl sites for hydroxylation is 2. The van der Waals surface area contributed by atoms with Crippen LogP contribution in [0.25, 0.3) is 22.4 Å². The largest absolute Gasteiger partial charge is 0.497 e. The van der Waals surface area contributed by atoms with Crippen LogP contribution in [-0.2, 0) is 13.6 Å².